The molecule has 69 heavy (non-hydrogen) atoms. The topological polar surface area (TPSA) is 51.6 Å². The Kier molecular flexibility index (Phi) is 8.77. The minimum absolute atomic E-state index is 0.440. The average molecular weight is 877 g/mol. The molecule has 2 aliphatic rings. The van der Waals surface area contributed by atoms with Gasteiger partial charge < -0.3 is 0 Å². The molecule has 4 nitrogen and oxygen atoms in total. The van der Waals surface area contributed by atoms with Gasteiger partial charge in [0.2, 0.25) is 0 Å². The number of aromatic nitrogens is 4. The maximum atomic E-state index is 5.52. The van der Waals surface area contributed by atoms with Gasteiger partial charge in [0.1, 0.15) is 0 Å². The zero-order valence-corrected chi connectivity index (χ0v) is 37.4. The molecule has 0 amide bonds. The van der Waals surface area contributed by atoms with E-state index in [9.17, 15) is 0 Å². The third-order valence-electron chi connectivity index (χ3n) is 14.4. The van der Waals surface area contributed by atoms with Gasteiger partial charge in [-0.3, -0.25) is 9.97 Å². The second-order valence-corrected chi connectivity index (χ2v) is 18.1. The van der Waals surface area contributed by atoms with E-state index < -0.39 is 5.41 Å². The Morgan fingerprint density at radius 1 is 0.304 bits per heavy atom. The number of pyridine rings is 4. The molecule has 0 atom stereocenters. The van der Waals surface area contributed by atoms with Crippen molar-refractivity contribution >= 4 is 21.7 Å². The molecule has 0 N–H and O–H groups in total. The van der Waals surface area contributed by atoms with Crippen LogP contribution in [0, 0.1) is 0 Å². The van der Waals surface area contributed by atoms with Gasteiger partial charge in [0.05, 0.1) is 39.4 Å². The molecule has 1 spiro atoms. The second kappa shape index (κ2) is 15.5. The van der Waals surface area contributed by atoms with Crippen LogP contribution in [-0.4, -0.2) is 19.9 Å². The van der Waals surface area contributed by atoms with Crippen LogP contribution in [0.15, 0.2) is 243 Å². The number of hydrogen-bond acceptors (Lipinski definition) is 4. The third-order valence-corrected chi connectivity index (χ3v) is 14.4. The average Bonchev–Trinajstić information content (AvgIpc) is 3.91. The van der Waals surface area contributed by atoms with E-state index in [1.54, 1.807) is 0 Å². The van der Waals surface area contributed by atoms with E-state index in [0.717, 1.165) is 83.7 Å². The smallest absolute Gasteiger partial charge is 0.0899 e. The number of nitrogens with zero attached hydrogens (tertiary/aromatic N) is 4. The van der Waals surface area contributed by atoms with Crippen LogP contribution in [0.4, 0.5) is 0 Å². The van der Waals surface area contributed by atoms with E-state index >= 15 is 0 Å². The summed E-state index contributed by atoms with van der Waals surface area (Å²) >= 11 is 0. The van der Waals surface area contributed by atoms with Gasteiger partial charge in [-0.1, -0.05) is 188 Å². The number of rotatable bonds is 6. The molecule has 320 valence electrons. The van der Waals surface area contributed by atoms with E-state index in [1.807, 2.05) is 36.7 Å². The predicted molar refractivity (Wildman–Crippen MR) is 282 cm³/mol. The Labute approximate surface area is 400 Å². The number of para-hydroxylation sites is 1. The van der Waals surface area contributed by atoms with Gasteiger partial charge in [0.25, 0.3) is 0 Å². The summed E-state index contributed by atoms with van der Waals surface area (Å²) in [4.78, 5) is 20.4. The summed E-state index contributed by atoms with van der Waals surface area (Å²) in [6.07, 6.45) is 3.77. The molecule has 2 aliphatic carbocycles. The van der Waals surface area contributed by atoms with Crippen LogP contribution in [0.1, 0.15) is 22.3 Å². The maximum Gasteiger partial charge on any atom is 0.0899 e. The summed E-state index contributed by atoms with van der Waals surface area (Å²) in [6, 6.07) is 82.8. The van der Waals surface area contributed by atoms with Crippen molar-refractivity contribution in [2.24, 2.45) is 0 Å². The molecule has 0 aliphatic heterocycles. The van der Waals surface area contributed by atoms with Crippen molar-refractivity contribution in [2.45, 2.75) is 5.41 Å². The number of fused-ring (bicyclic) bond motifs is 14. The van der Waals surface area contributed by atoms with Gasteiger partial charge in [-0.05, 0) is 104 Å². The highest BCUT2D eigenvalue weighted by Gasteiger charge is 2.52. The van der Waals surface area contributed by atoms with Crippen LogP contribution >= 0.6 is 0 Å². The summed E-state index contributed by atoms with van der Waals surface area (Å²) in [5.41, 5.74) is 22.8. The fourth-order valence-electron chi connectivity index (χ4n) is 11.4. The quantitative estimate of drug-likeness (QED) is 0.156. The first-order chi connectivity index (χ1) is 34.2. The van der Waals surface area contributed by atoms with Gasteiger partial charge >= 0.3 is 0 Å². The lowest BCUT2D eigenvalue weighted by atomic mass is 9.70. The molecule has 8 aromatic carbocycles. The molecule has 0 unspecified atom stereocenters. The summed E-state index contributed by atoms with van der Waals surface area (Å²) < 4.78 is 0. The first kappa shape index (κ1) is 39.1. The predicted octanol–water partition coefficient (Wildman–Crippen LogP) is 15.9. The molecule has 14 rings (SSSR count). The summed E-state index contributed by atoms with van der Waals surface area (Å²) in [5, 5.41) is 3.51. The normalized spacial score (nSPS) is 12.8. The first-order valence-electron chi connectivity index (χ1n) is 23.5. The van der Waals surface area contributed by atoms with Crippen LogP contribution in [0.2, 0.25) is 0 Å². The van der Waals surface area contributed by atoms with Crippen molar-refractivity contribution in [3.63, 3.8) is 0 Å². The fourth-order valence-corrected chi connectivity index (χ4v) is 11.4. The Hall–Kier alpha value is -9.12. The highest BCUT2D eigenvalue weighted by Crippen LogP contribution is 2.64. The Morgan fingerprint density at radius 3 is 1.67 bits per heavy atom. The van der Waals surface area contributed by atoms with E-state index in [4.69, 9.17) is 15.0 Å². The van der Waals surface area contributed by atoms with Gasteiger partial charge in [-0.2, -0.15) is 0 Å². The Morgan fingerprint density at radius 2 is 0.928 bits per heavy atom. The van der Waals surface area contributed by atoms with Gasteiger partial charge in [-0.25, -0.2) is 9.97 Å². The van der Waals surface area contributed by atoms with Crippen molar-refractivity contribution in [1.29, 1.82) is 0 Å². The lowest BCUT2D eigenvalue weighted by Crippen LogP contribution is -2.25. The lowest BCUT2D eigenvalue weighted by Gasteiger charge is -2.30. The molecule has 0 bridgehead atoms. The molecular weight excluding hydrogens is 837 g/mol. The van der Waals surface area contributed by atoms with Crippen molar-refractivity contribution in [1.82, 2.24) is 19.9 Å². The minimum Gasteiger partial charge on any atom is -0.256 e. The van der Waals surface area contributed by atoms with Crippen LogP contribution in [0.3, 0.4) is 0 Å². The van der Waals surface area contributed by atoms with Crippen LogP contribution in [-0.2, 0) is 5.41 Å². The second-order valence-electron chi connectivity index (χ2n) is 18.1. The molecule has 0 saturated carbocycles. The highest BCUT2D eigenvalue weighted by atomic mass is 14.8. The zero-order chi connectivity index (χ0) is 45.5. The Bertz CT molecular complexity index is 3850. The lowest BCUT2D eigenvalue weighted by molar-refractivity contribution is 0.794. The van der Waals surface area contributed by atoms with E-state index in [2.05, 4.69) is 211 Å². The van der Waals surface area contributed by atoms with Crippen molar-refractivity contribution in [2.75, 3.05) is 0 Å². The maximum absolute atomic E-state index is 5.52. The van der Waals surface area contributed by atoms with Crippen molar-refractivity contribution < 1.29 is 0 Å². The van der Waals surface area contributed by atoms with Crippen LogP contribution < -0.4 is 0 Å². The summed E-state index contributed by atoms with van der Waals surface area (Å²) in [6.45, 7) is 0. The van der Waals surface area contributed by atoms with Gasteiger partial charge in [-0.15, -0.1) is 0 Å². The zero-order valence-electron chi connectivity index (χ0n) is 37.4. The van der Waals surface area contributed by atoms with Crippen LogP contribution in [0.5, 0.6) is 0 Å². The monoisotopic (exact) mass is 876 g/mol. The summed E-state index contributed by atoms with van der Waals surface area (Å²) in [7, 11) is 0. The molecule has 0 fully saturated rings. The van der Waals surface area contributed by atoms with Crippen molar-refractivity contribution in [3.8, 4) is 89.7 Å². The van der Waals surface area contributed by atoms with E-state index in [0.29, 0.717) is 0 Å². The Balaban J connectivity index is 0.951. The molecule has 4 heteroatoms. The largest absolute Gasteiger partial charge is 0.256 e. The fraction of sp³-hybridized carbons (Fsp3) is 0.0154. The van der Waals surface area contributed by atoms with Gasteiger partial charge in [0, 0.05) is 50.8 Å². The summed E-state index contributed by atoms with van der Waals surface area (Å²) in [5.74, 6) is 0. The highest BCUT2D eigenvalue weighted by molar-refractivity contribution is 6.20. The SMILES string of the molecule is c1ccc(-c2ccc(-c3cc(-c4cccc(-c5nc6ccccc6c6c7c(ccc56)C5(c6ccccc6-c6ccccc65)c5ccccc5-7)c4)cc(-c4ccc(-c5ccccn5)cc4)n3)nc2)cc1. The van der Waals surface area contributed by atoms with Crippen LogP contribution in [0.25, 0.3) is 111 Å². The number of hydrogen-bond donors (Lipinski definition) is 0. The van der Waals surface area contributed by atoms with E-state index in [-0.39, 0.29) is 0 Å². The minimum atomic E-state index is -0.440. The molecule has 12 aromatic rings. The first-order valence-corrected chi connectivity index (χ1v) is 23.5. The molecular formula is C65H40N4. The molecule has 0 saturated heterocycles. The molecule has 4 heterocycles. The third kappa shape index (κ3) is 6.02. The standard InChI is InChI=1S/C65H40N4/c1-2-15-41(16-3-1)46-32-35-59(67-40-46)61-39-47(38-60(68-61)43-30-28-42(29-31-43)57-26-12-13-36-66-57)44-17-14-18-45(37-44)64-52-33-34-56-63(62(52)51-22-7-11-27-58(51)69-64)50-21-6-10-25-55(50)65(56)53-23-8-4-19-48(53)49-20-5-9-24-54(49)65/h1-40H. The molecule has 4 aromatic heterocycles. The number of benzene rings is 8. The van der Waals surface area contributed by atoms with Gasteiger partial charge in [0.15, 0.2) is 0 Å². The molecule has 0 radical (unpaired) electrons. The van der Waals surface area contributed by atoms with Crippen molar-refractivity contribution in [3.05, 3.63) is 265 Å². The van der Waals surface area contributed by atoms with E-state index in [1.165, 1.54) is 49.9 Å².